The molecule has 2 atom stereocenters. The van der Waals surface area contributed by atoms with Gasteiger partial charge in [-0.25, -0.2) is 4.79 Å². The average molecular weight is 573 g/mol. The van der Waals surface area contributed by atoms with Crippen molar-refractivity contribution in [2.24, 2.45) is 0 Å². The second-order valence-corrected chi connectivity index (χ2v) is 11.4. The number of benzene rings is 2. The van der Waals surface area contributed by atoms with Gasteiger partial charge in [-0.05, 0) is 75.4 Å². The lowest BCUT2D eigenvalue weighted by Gasteiger charge is -2.46. The van der Waals surface area contributed by atoms with Crippen LogP contribution in [-0.4, -0.2) is 54.3 Å². The highest BCUT2D eigenvalue weighted by Gasteiger charge is 2.46. The van der Waals surface area contributed by atoms with E-state index in [2.05, 4.69) is 4.90 Å². The molecule has 2 aromatic carbocycles. The summed E-state index contributed by atoms with van der Waals surface area (Å²) < 4.78 is 92.2. The quantitative estimate of drug-likeness (QED) is 0.356. The van der Waals surface area contributed by atoms with Crippen LogP contribution in [0.2, 0.25) is 0 Å². The Morgan fingerprint density at radius 3 is 2.05 bits per heavy atom. The predicted molar refractivity (Wildman–Crippen MR) is 137 cm³/mol. The normalized spacial score (nSPS) is 21.3. The molecule has 2 aromatic rings. The van der Waals surface area contributed by atoms with Crippen molar-refractivity contribution >= 4 is 6.09 Å². The molecule has 0 aromatic heterocycles. The second-order valence-electron chi connectivity index (χ2n) is 11.4. The number of halogens is 6. The van der Waals surface area contributed by atoms with Gasteiger partial charge in [0, 0.05) is 26.2 Å². The van der Waals surface area contributed by atoms with E-state index in [0.717, 1.165) is 29.7 Å². The van der Waals surface area contributed by atoms with Crippen LogP contribution in [0.4, 0.5) is 31.1 Å². The van der Waals surface area contributed by atoms with Crippen molar-refractivity contribution in [3.05, 3.63) is 70.3 Å². The summed E-state index contributed by atoms with van der Waals surface area (Å²) in [4.78, 5) is 16.4. The lowest BCUT2D eigenvalue weighted by molar-refractivity contribution is -0.143. The number of ether oxygens (including phenoxy) is 2. The molecular formula is C29H34F6N2O3. The van der Waals surface area contributed by atoms with Gasteiger partial charge in [-0.2, -0.15) is 26.3 Å². The van der Waals surface area contributed by atoms with Crippen LogP contribution >= 0.6 is 0 Å². The summed E-state index contributed by atoms with van der Waals surface area (Å²) >= 11 is 0. The number of amides is 1. The predicted octanol–water partition coefficient (Wildman–Crippen LogP) is 7.20. The van der Waals surface area contributed by atoms with Gasteiger partial charge in [0.2, 0.25) is 0 Å². The first-order chi connectivity index (χ1) is 18.5. The van der Waals surface area contributed by atoms with Crippen molar-refractivity contribution in [1.29, 1.82) is 0 Å². The van der Waals surface area contributed by atoms with Gasteiger partial charge in [0.15, 0.2) is 0 Å². The van der Waals surface area contributed by atoms with Gasteiger partial charge < -0.3 is 14.4 Å². The highest BCUT2D eigenvalue weighted by Crippen LogP contribution is 2.44. The fraction of sp³-hybridized carbons (Fsp3) is 0.552. The summed E-state index contributed by atoms with van der Waals surface area (Å²) in [5.74, 6) is 0. The largest absolute Gasteiger partial charge is 0.444 e. The SMILES string of the molecule is CC(OC[C@]1(N2CCN(C(=O)OC(C)(C)C)CC2)CCc2ccccc21)c1cc(C(F)(F)F)cc(C(F)(F)F)c1. The molecule has 11 heteroatoms. The minimum absolute atomic E-state index is 0.0647. The molecule has 4 rings (SSSR count). The minimum Gasteiger partial charge on any atom is -0.444 e. The van der Waals surface area contributed by atoms with E-state index in [9.17, 15) is 31.1 Å². The smallest absolute Gasteiger partial charge is 0.416 e. The first-order valence-corrected chi connectivity index (χ1v) is 13.2. The molecule has 1 saturated heterocycles. The van der Waals surface area contributed by atoms with Crippen molar-refractivity contribution in [3.63, 3.8) is 0 Å². The zero-order valence-corrected chi connectivity index (χ0v) is 23.0. The monoisotopic (exact) mass is 572 g/mol. The zero-order valence-electron chi connectivity index (χ0n) is 23.0. The fourth-order valence-corrected chi connectivity index (χ4v) is 5.45. The molecule has 0 bridgehead atoms. The molecule has 1 amide bonds. The molecule has 1 heterocycles. The van der Waals surface area contributed by atoms with E-state index in [0.29, 0.717) is 32.6 Å². The fourth-order valence-electron chi connectivity index (χ4n) is 5.45. The van der Waals surface area contributed by atoms with E-state index < -0.39 is 46.8 Å². The number of piperazine rings is 1. The Kier molecular flexibility index (Phi) is 8.21. The Labute approximate surface area is 230 Å². The molecule has 5 nitrogen and oxygen atoms in total. The third-order valence-corrected chi connectivity index (χ3v) is 7.51. The van der Waals surface area contributed by atoms with E-state index in [-0.39, 0.29) is 18.2 Å². The van der Waals surface area contributed by atoms with Crippen LogP contribution in [0.1, 0.15) is 68.0 Å². The van der Waals surface area contributed by atoms with E-state index >= 15 is 0 Å². The summed E-state index contributed by atoms with van der Waals surface area (Å²) in [6.07, 6.45) is -9.88. The number of hydrogen-bond donors (Lipinski definition) is 0. The topological polar surface area (TPSA) is 42.0 Å². The first kappa shape index (κ1) is 30.2. The zero-order chi connectivity index (χ0) is 29.5. The molecule has 1 aliphatic carbocycles. The summed E-state index contributed by atoms with van der Waals surface area (Å²) in [6.45, 7) is 8.76. The Morgan fingerprint density at radius 2 is 1.50 bits per heavy atom. The molecule has 0 spiro atoms. The Hall–Kier alpha value is -2.79. The molecule has 40 heavy (non-hydrogen) atoms. The highest BCUT2D eigenvalue weighted by atomic mass is 19.4. The molecule has 0 N–H and O–H groups in total. The van der Waals surface area contributed by atoms with Crippen LogP contribution < -0.4 is 0 Å². The van der Waals surface area contributed by atoms with Crippen LogP contribution in [0.5, 0.6) is 0 Å². The Bertz CT molecular complexity index is 1180. The molecule has 2 aliphatic rings. The third-order valence-electron chi connectivity index (χ3n) is 7.51. The highest BCUT2D eigenvalue weighted by molar-refractivity contribution is 5.68. The number of aryl methyl sites for hydroxylation is 1. The summed E-state index contributed by atoms with van der Waals surface area (Å²) in [6, 6.07) is 9.39. The van der Waals surface area contributed by atoms with Gasteiger partial charge in [0.05, 0.1) is 29.4 Å². The van der Waals surface area contributed by atoms with E-state index in [1.165, 1.54) is 6.92 Å². The standard InChI is InChI=1S/C29H34F6N2O3/c1-19(21-15-22(28(30,31)32)17-23(16-21)29(33,34)35)39-18-27(10-9-20-7-5-6-8-24(20)27)37-13-11-36(12-14-37)25(38)40-26(2,3)4/h5-8,15-17,19H,9-14,18H2,1-4H3/t19?,27-/m1/s1. The van der Waals surface area contributed by atoms with Gasteiger partial charge in [0.1, 0.15) is 5.60 Å². The number of hydrogen-bond acceptors (Lipinski definition) is 4. The Balaban J connectivity index is 1.57. The van der Waals surface area contributed by atoms with Gasteiger partial charge in [-0.15, -0.1) is 0 Å². The summed E-state index contributed by atoms with van der Waals surface area (Å²) in [5.41, 5.74) is -2.06. The maximum absolute atomic E-state index is 13.4. The molecule has 1 unspecified atom stereocenters. The van der Waals surface area contributed by atoms with Crippen LogP contribution in [0.3, 0.4) is 0 Å². The number of carbonyl (C=O) groups is 1. The number of fused-ring (bicyclic) bond motifs is 1. The van der Waals surface area contributed by atoms with Crippen molar-refractivity contribution in [2.45, 2.75) is 70.1 Å². The van der Waals surface area contributed by atoms with Crippen LogP contribution in [0.25, 0.3) is 0 Å². The van der Waals surface area contributed by atoms with Crippen LogP contribution in [0, 0.1) is 0 Å². The Morgan fingerprint density at radius 1 is 0.925 bits per heavy atom. The number of rotatable bonds is 5. The molecule has 1 aliphatic heterocycles. The lowest BCUT2D eigenvalue weighted by atomic mass is 9.89. The van der Waals surface area contributed by atoms with Crippen molar-refractivity contribution in [2.75, 3.05) is 32.8 Å². The van der Waals surface area contributed by atoms with E-state index in [1.54, 1.807) is 25.7 Å². The summed E-state index contributed by atoms with van der Waals surface area (Å²) in [5, 5.41) is 0. The molecular weight excluding hydrogens is 538 g/mol. The third kappa shape index (κ3) is 6.57. The number of carbonyl (C=O) groups excluding carboxylic acids is 1. The lowest BCUT2D eigenvalue weighted by Crippen LogP contribution is -2.58. The maximum Gasteiger partial charge on any atom is 0.416 e. The van der Waals surface area contributed by atoms with Gasteiger partial charge in [0.25, 0.3) is 0 Å². The van der Waals surface area contributed by atoms with Crippen LogP contribution in [0.15, 0.2) is 42.5 Å². The number of alkyl halides is 6. The second kappa shape index (κ2) is 10.9. The molecule has 220 valence electrons. The van der Waals surface area contributed by atoms with Crippen LogP contribution in [-0.2, 0) is 33.8 Å². The molecule has 1 fully saturated rings. The average Bonchev–Trinajstić information content (AvgIpc) is 3.25. The first-order valence-electron chi connectivity index (χ1n) is 13.2. The van der Waals surface area contributed by atoms with Gasteiger partial charge >= 0.3 is 18.4 Å². The maximum atomic E-state index is 13.4. The summed E-state index contributed by atoms with van der Waals surface area (Å²) in [7, 11) is 0. The van der Waals surface area contributed by atoms with E-state index in [4.69, 9.17) is 9.47 Å². The van der Waals surface area contributed by atoms with Crippen molar-refractivity contribution in [3.8, 4) is 0 Å². The molecule has 0 radical (unpaired) electrons. The van der Waals surface area contributed by atoms with Gasteiger partial charge in [-0.1, -0.05) is 24.3 Å². The molecule has 0 saturated carbocycles. The minimum atomic E-state index is -4.94. The van der Waals surface area contributed by atoms with Gasteiger partial charge in [-0.3, -0.25) is 4.90 Å². The number of nitrogens with zero attached hydrogens (tertiary/aromatic N) is 2. The van der Waals surface area contributed by atoms with Crippen molar-refractivity contribution < 1.29 is 40.6 Å². The van der Waals surface area contributed by atoms with Crippen molar-refractivity contribution in [1.82, 2.24) is 9.80 Å². The van der Waals surface area contributed by atoms with E-state index in [1.807, 2.05) is 24.3 Å².